The van der Waals surface area contributed by atoms with Gasteiger partial charge >= 0.3 is 0 Å². The van der Waals surface area contributed by atoms with E-state index in [0.717, 1.165) is 24.8 Å². The highest BCUT2D eigenvalue weighted by Crippen LogP contribution is 2.13. The summed E-state index contributed by atoms with van der Waals surface area (Å²) in [5, 5.41) is 6.24. The summed E-state index contributed by atoms with van der Waals surface area (Å²) in [5.74, 6) is 2.12. The van der Waals surface area contributed by atoms with Crippen molar-refractivity contribution in [3.8, 4) is 0 Å². The monoisotopic (exact) mass is 249 g/mol. The molecule has 2 aromatic heterocycles. The predicted octanol–water partition coefficient (Wildman–Crippen LogP) is 1.64. The van der Waals surface area contributed by atoms with Crippen LogP contribution in [0.1, 0.15) is 5.76 Å². The van der Waals surface area contributed by atoms with Crippen LogP contribution in [0.5, 0.6) is 0 Å². The lowest BCUT2D eigenvalue weighted by atomic mass is 10.4. The molecule has 0 atom stereocenters. The molecule has 1 aliphatic rings. The number of fused-ring (bicyclic) bond motifs is 1. The minimum atomic E-state index is 0.520. The summed E-state index contributed by atoms with van der Waals surface area (Å²) < 4.78 is 7.64. The molecule has 0 saturated carbocycles. The molecule has 2 N–H and O–H groups in total. The minimum absolute atomic E-state index is 0.520. The van der Waals surface area contributed by atoms with Gasteiger partial charge in [0.2, 0.25) is 16.7 Å². The van der Waals surface area contributed by atoms with Gasteiger partial charge in [-0.1, -0.05) is 0 Å². The van der Waals surface area contributed by atoms with Crippen LogP contribution >= 0.6 is 12.2 Å². The second-order valence-electron chi connectivity index (χ2n) is 3.66. The average Bonchev–Trinajstić information content (AvgIpc) is 2.97. The number of aromatic nitrogens is 3. The van der Waals surface area contributed by atoms with Crippen molar-refractivity contribution >= 4 is 24.1 Å². The molecule has 0 saturated heterocycles. The maximum absolute atomic E-state index is 5.21. The Balaban J connectivity index is 1.80. The van der Waals surface area contributed by atoms with Gasteiger partial charge in [-0.15, -0.1) is 0 Å². The summed E-state index contributed by atoms with van der Waals surface area (Å²) >= 11 is 5.19. The van der Waals surface area contributed by atoms with Crippen molar-refractivity contribution in [3.05, 3.63) is 28.9 Å². The number of rotatable bonds is 3. The molecule has 0 spiro atoms. The fraction of sp³-hybridized carbons (Fsp3) is 0.300. The van der Waals surface area contributed by atoms with Crippen LogP contribution in [0.4, 0.5) is 11.9 Å². The van der Waals surface area contributed by atoms with E-state index in [9.17, 15) is 0 Å². The molecule has 0 radical (unpaired) electrons. The Bertz CT molecular complexity index is 577. The first-order valence-corrected chi connectivity index (χ1v) is 5.73. The van der Waals surface area contributed by atoms with E-state index in [-0.39, 0.29) is 0 Å². The van der Waals surface area contributed by atoms with Crippen LogP contribution in [0, 0.1) is 4.77 Å². The summed E-state index contributed by atoms with van der Waals surface area (Å²) in [6.07, 6.45) is 1.64. The third-order valence-electron chi connectivity index (χ3n) is 2.52. The van der Waals surface area contributed by atoms with E-state index in [1.165, 1.54) is 0 Å². The van der Waals surface area contributed by atoms with E-state index in [1.54, 1.807) is 6.26 Å². The van der Waals surface area contributed by atoms with Crippen LogP contribution in [0.2, 0.25) is 0 Å². The number of hydrogen-bond donors (Lipinski definition) is 2. The van der Waals surface area contributed by atoms with Crippen molar-refractivity contribution in [3.63, 3.8) is 0 Å². The van der Waals surface area contributed by atoms with Gasteiger partial charge in [0.1, 0.15) is 5.76 Å². The zero-order chi connectivity index (χ0) is 11.7. The van der Waals surface area contributed by atoms with Crippen LogP contribution in [0.3, 0.4) is 0 Å². The first-order valence-electron chi connectivity index (χ1n) is 5.32. The molecule has 1 aliphatic heterocycles. The van der Waals surface area contributed by atoms with Crippen LogP contribution < -0.4 is 10.6 Å². The van der Waals surface area contributed by atoms with Crippen molar-refractivity contribution in [2.75, 3.05) is 17.2 Å². The van der Waals surface area contributed by atoms with Crippen molar-refractivity contribution < 1.29 is 4.42 Å². The first kappa shape index (κ1) is 10.3. The first-order chi connectivity index (χ1) is 8.33. The molecule has 6 nitrogen and oxygen atoms in total. The predicted molar refractivity (Wildman–Crippen MR) is 65.4 cm³/mol. The summed E-state index contributed by atoms with van der Waals surface area (Å²) in [6.45, 7) is 2.22. The summed E-state index contributed by atoms with van der Waals surface area (Å²) in [5.41, 5.74) is 0. The molecule has 0 unspecified atom stereocenters. The van der Waals surface area contributed by atoms with E-state index in [0.29, 0.717) is 17.3 Å². The maximum atomic E-state index is 5.21. The van der Waals surface area contributed by atoms with Gasteiger partial charge in [0.05, 0.1) is 12.8 Å². The van der Waals surface area contributed by atoms with Gasteiger partial charge < -0.3 is 15.1 Å². The zero-order valence-electron chi connectivity index (χ0n) is 9.01. The average molecular weight is 249 g/mol. The lowest BCUT2D eigenvalue weighted by Gasteiger charge is -2.06. The van der Waals surface area contributed by atoms with E-state index in [1.807, 2.05) is 16.7 Å². The van der Waals surface area contributed by atoms with Crippen LogP contribution in [0.15, 0.2) is 22.8 Å². The van der Waals surface area contributed by atoms with Crippen molar-refractivity contribution in [1.29, 1.82) is 0 Å². The molecular formula is C10H11N5OS. The smallest absolute Gasteiger partial charge is 0.229 e. The molecule has 88 valence electrons. The second-order valence-corrected chi connectivity index (χ2v) is 4.03. The zero-order valence-corrected chi connectivity index (χ0v) is 9.83. The second kappa shape index (κ2) is 4.17. The van der Waals surface area contributed by atoms with E-state index in [2.05, 4.69) is 20.6 Å². The number of hydrogen-bond acceptors (Lipinski definition) is 6. The minimum Gasteiger partial charge on any atom is -0.467 e. The van der Waals surface area contributed by atoms with Gasteiger partial charge in [0.25, 0.3) is 0 Å². The molecule has 0 bridgehead atoms. The van der Waals surface area contributed by atoms with Gasteiger partial charge in [-0.25, -0.2) is 0 Å². The number of nitrogens with zero attached hydrogens (tertiary/aromatic N) is 3. The lowest BCUT2D eigenvalue weighted by Crippen LogP contribution is -2.08. The highest BCUT2D eigenvalue weighted by molar-refractivity contribution is 7.71. The van der Waals surface area contributed by atoms with Gasteiger partial charge in [-0.3, -0.25) is 4.57 Å². The van der Waals surface area contributed by atoms with E-state index in [4.69, 9.17) is 16.6 Å². The molecule has 0 amide bonds. The summed E-state index contributed by atoms with van der Waals surface area (Å²) in [6, 6.07) is 3.73. The van der Waals surface area contributed by atoms with Gasteiger partial charge in [0.15, 0.2) is 0 Å². The SMILES string of the molecule is S=c1nc(NCc2ccco2)nc2n1CCN2. The molecule has 0 fully saturated rings. The van der Waals surface area contributed by atoms with Crippen molar-refractivity contribution in [1.82, 2.24) is 14.5 Å². The molecule has 0 aliphatic carbocycles. The maximum Gasteiger partial charge on any atom is 0.229 e. The molecule has 3 heterocycles. The normalized spacial score (nSPS) is 13.2. The largest absolute Gasteiger partial charge is 0.467 e. The highest BCUT2D eigenvalue weighted by Gasteiger charge is 2.12. The number of anilines is 2. The number of nitrogens with one attached hydrogen (secondary N) is 2. The molecule has 17 heavy (non-hydrogen) atoms. The highest BCUT2D eigenvalue weighted by atomic mass is 32.1. The molecular weight excluding hydrogens is 238 g/mol. The third-order valence-corrected chi connectivity index (χ3v) is 2.83. The fourth-order valence-electron chi connectivity index (χ4n) is 1.70. The Hall–Kier alpha value is -1.89. The molecule has 7 heteroatoms. The topological polar surface area (TPSA) is 67.9 Å². The Kier molecular flexibility index (Phi) is 2.52. The Morgan fingerprint density at radius 2 is 2.47 bits per heavy atom. The van der Waals surface area contributed by atoms with Crippen molar-refractivity contribution in [2.45, 2.75) is 13.1 Å². The standard InChI is InChI=1S/C10H11N5OS/c17-10-14-8(12-6-7-2-1-5-16-7)13-9-11-3-4-15(9)10/h1-2,5H,3-4,6H2,(H2,11,12,13,14,17). The molecule has 0 aromatic carbocycles. The van der Waals surface area contributed by atoms with E-state index < -0.39 is 0 Å². The van der Waals surface area contributed by atoms with Gasteiger partial charge in [0, 0.05) is 13.1 Å². The van der Waals surface area contributed by atoms with Crippen LogP contribution in [0.25, 0.3) is 0 Å². The van der Waals surface area contributed by atoms with Gasteiger partial charge in [-0.2, -0.15) is 9.97 Å². The van der Waals surface area contributed by atoms with Crippen LogP contribution in [-0.2, 0) is 13.1 Å². The Labute approximate surface area is 103 Å². The molecule has 3 rings (SSSR count). The van der Waals surface area contributed by atoms with E-state index >= 15 is 0 Å². The quantitative estimate of drug-likeness (QED) is 0.806. The van der Waals surface area contributed by atoms with Crippen molar-refractivity contribution in [2.24, 2.45) is 0 Å². The lowest BCUT2D eigenvalue weighted by molar-refractivity contribution is 0.517. The Morgan fingerprint density at radius 3 is 3.29 bits per heavy atom. The number of furan rings is 1. The molecule has 2 aromatic rings. The van der Waals surface area contributed by atoms with Gasteiger partial charge in [-0.05, 0) is 24.4 Å². The summed E-state index contributed by atoms with van der Waals surface area (Å²) in [7, 11) is 0. The summed E-state index contributed by atoms with van der Waals surface area (Å²) in [4.78, 5) is 8.55. The van der Waals surface area contributed by atoms with Crippen LogP contribution in [-0.4, -0.2) is 21.1 Å². The Morgan fingerprint density at radius 1 is 1.53 bits per heavy atom. The third kappa shape index (κ3) is 2.01. The fourth-order valence-corrected chi connectivity index (χ4v) is 1.97.